The van der Waals surface area contributed by atoms with Crippen molar-refractivity contribution in [3.05, 3.63) is 129 Å². The molecular formula is C34H34Cl3N3O4S. The molecule has 45 heavy (non-hydrogen) atoms. The van der Waals surface area contributed by atoms with Crippen LogP contribution in [0.2, 0.25) is 15.1 Å². The van der Waals surface area contributed by atoms with Gasteiger partial charge in [0.25, 0.3) is 10.0 Å². The smallest absolute Gasteiger partial charge is 0.264 e. The number of sulfonamides is 1. The van der Waals surface area contributed by atoms with Gasteiger partial charge < -0.3 is 10.2 Å². The zero-order chi connectivity index (χ0) is 32.6. The Kier molecular flexibility index (Phi) is 11.9. The van der Waals surface area contributed by atoms with Crippen LogP contribution >= 0.6 is 34.8 Å². The molecule has 1 N–H and O–H groups in total. The molecule has 0 spiro atoms. The molecule has 0 aliphatic heterocycles. The number of carbonyl (C=O) groups is 2. The van der Waals surface area contributed by atoms with Crippen molar-refractivity contribution in [1.82, 2.24) is 10.2 Å². The van der Waals surface area contributed by atoms with E-state index in [-0.39, 0.29) is 34.5 Å². The minimum atomic E-state index is -4.28. The normalized spacial score (nSPS) is 11.9. The van der Waals surface area contributed by atoms with Gasteiger partial charge in [0, 0.05) is 35.1 Å². The van der Waals surface area contributed by atoms with Crippen molar-refractivity contribution >= 4 is 62.3 Å². The third-order valence-electron chi connectivity index (χ3n) is 7.22. The van der Waals surface area contributed by atoms with Crippen LogP contribution in [0.4, 0.5) is 5.69 Å². The highest BCUT2D eigenvalue weighted by molar-refractivity contribution is 7.92. The van der Waals surface area contributed by atoms with E-state index >= 15 is 0 Å². The fourth-order valence-electron chi connectivity index (χ4n) is 4.78. The van der Waals surface area contributed by atoms with Crippen molar-refractivity contribution in [2.24, 2.45) is 0 Å². The minimum Gasteiger partial charge on any atom is -0.354 e. The fourth-order valence-corrected chi connectivity index (χ4v) is 7.02. The number of amides is 2. The van der Waals surface area contributed by atoms with Gasteiger partial charge in [0.2, 0.25) is 11.8 Å². The van der Waals surface area contributed by atoms with Crippen LogP contribution in [0.1, 0.15) is 30.0 Å². The number of halogens is 3. The molecule has 1 atom stereocenters. The van der Waals surface area contributed by atoms with E-state index in [0.29, 0.717) is 28.6 Å². The number of rotatable bonds is 13. The lowest BCUT2D eigenvalue weighted by Gasteiger charge is -2.34. The van der Waals surface area contributed by atoms with Crippen LogP contribution in [0.5, 0.6) is 0 Å². The van der Waals surface area contributed by atoms with Gasteiger partial charge >= 0.3 is 0 Å². The van der Waals surface area contributed by atoms with E-state index in [1.807, 2.05) is 44.2 Å². The fraction of sp³-hybridized carbons (Fsp3) is 0.235. The number of aryl methyl sites for hydroxylation is 1. The van der Waals surface area contributed by atoms with E-state index in [1.165, 1.54) is 23.1 Å². The van der Waals surface area contributed by atoms with Gasteiger partial charge in [-0.1, -0.05) is 108 Å². The molecule has 1 unspecified atom stereocenters. The molecule has 4 aromatic rings. The predicted octanol–water partition coefficient (Wildman–Crippen LogP) is 7.32. The van der Waals surface area contributed by atoms with Gasteiger partial charge in [-0.25, -0.2) is 8.42 Å². The number of benzene rings is 4. The summed E-state index contributed by atoms with van der Waals surface area (Å²) in [4.78, 5) is 29.6. The lowest BCUT2D eigenvalue weighted by atomic mass is 10.0. The number of nitrogens with zero attached hydrogens (tertiary/aromatic N) is 2. The van der Waals surface area contributed by atoms with E-state index in [9.17, 15) is 18.0 Å². The monoisotopic (exact) mass is 685 g/mol. The highest BCUT2D eigenvalue weighted by Gasteiger charge is 2.35. The average molecular weight is 687 g/mol. The van der Waals surface area contributed by atoms with E-state index in [0.717, 1.165) is 15.4 Å². The third kappa shape index (κ3) is 8.58. The van der Waals surface area contributed by atoms with Crippen LogP contribution in [0.3, 0.4) is 0 Å². The maximum atomic E-state index is 14.5. The number of hydrogen-bond donors (Lipinski definition) is 1. The molecule has 4 rings (SSSR count). The Morgan fingerprint density at radius 2 is 1.40 bits per heavy atom. The molecule has 0 aromatic heterocycles. The van der Waals surface area contributed by atoms with Crippen molar-refractivity contribution in [2.45, 2.75) is 44.2 Å². The van der Waals surface area contributed by atoms with Gasteiger partial charge in [0.05, 0.1) is 15.6 Å². The Morgan fingerprint density at radius 3 is 2.02 bits per heavy atom. The molecule has 0 radical (unpaired) electrons. The highest BCUT2D eigenvalue weighted by atomic mass is 35.5. The van der Waals surface area contributed by atoms with Crippen LogP contribution in [-0.2, 0) is 32.6 Å². The lowest BCUT2D eigenvalue weighted by molar-refractivity contribution is -0.140. The average Bonchev–Trinajstić information content (AvgIpc) is 3.02. The Hall–Kier alpha value is -3.56. The predicted molar refractivity (Wildman–Crippen MR) is 181 cm³/mol. The maximum Gasteiger partial charge on any atom is 0.264 e. The first-order chi connectivity index (χ1) is 21.5. The summed E-state index contributed by atoms with van der Waals surface area (Å²) in [5.74, 6) is -1.03. The summed E-state index contributed by atoms with van der Waals surface area (Å²) in [7, 11) is -4.28. The van der Waals surface area contributed by atoms with Gasteiger partial charge in [0.15, 0.2) is 0 Å². The van der Waals surface area contributed by atoms with Crippen LogP contribution in [-0.4, -0.2) is 44.3 Å². The topological polar surface area (TPSA) is 86.8 Å². The van der Waals surface area contributed by atoms with E-state index in [1.54, 1.807) is 48.5 Å². The molecular weight excluding hydrogens is 653 g/mol. The summed E-state index contributed by atoms with van der Waals surface area (Å²) in [6, 6.07) is 26.0. The van der Waals surface area contributed by atoms with Crippen LogP contribution in [0, 0.1) is 6.92 Å². The molecule has 0 fully saturated rings. The van der Waals surface area contributed by atoms with Crippen molar-refractivity contribution in [1.29, 1.82) is 0 Å². The van der Waals surface area contributed by atoms with Crippen molar-refractivity contribution < 1.29 is 18.0 Å². The zero-order valence-corrected chi connectivity index (χ0v) is 28.0. The van der Waals surface area contributed by atoms with Crippen molar-refractivity contribution in [3.8, 4) is 0 Å². The second-order valence-electron chi connectivity index (χ2n) is 10.5. The maximum absolute atomic E-state index is 14.5. The lowest BCUT2D eigenvalue weighted by Crippen LogP contribution is -2.53. The molecule has 0 saturated heterocycles. The Bertz CT molecular complexity index is 1720. The van der Waals surface area contributed by atoms with Gasteiger partial charge in [0.1, 0.15) is 12.6 Å². The van der Waals surface area contributed by atoms with Crippen LogP contribution in [0.25, 0.3) is 0 Å². The molecule has 7 nitrogen and oxygen atoms in total. The summed E-state index contributed by atoms with van der Waals surface area (Å²) in [5.41, 5.74) is 2.24. The SMILES string of the molecule is CCCNC(=O)C(Cc1ccccc1)N(Cc1c(Cl)cccc1Cl)C(=O)CN(c1ccccc1Cl)S(=O)(=O)c1ccc(C)cc1. The molecule has 4 aromatic carbocycles. The molecule has 0 bridgehead atoms. The molecule has 236 valence electrons. The first kappa shape index (κ1) is 34.3. The second kappa shape index (κ2) is 15.6. The summed E-state index contributed by atoms with van der Waals surface area (Å²) < 4.78 is 29.2. The van der Waals surface area contributed by atoms with Crippen molar-refractivity contribution in [2.75, 3.05) is 17.4 Å². The van der Waals surface area contributed by atoms with Gasteiger partial charge in [-0.2, -0.15) is 0 Å². The summed E-state index contributed by atoms with van der Waals surface area (Å²) in [6.45, 7) is 3.38. The Balaban J connectivity index is 1.84. The Morgan fingerprint density at radius 1 is 0.800 bits per heavy atom. The van der Waals surface area contributed by atoms with Gasteiger partial charge in [-0.05, 0) is 55.3 Å². The highest BCUT2D eigenvalue weighted by Crippen LogP contribution is 2.32. The molecule has 11 heteroatoms. The van der Waals surface area contributed by atoms with E-state index < -0.39 is 28.5 Å². The number of para-hydroxylation sites is 1. The zero-order valence-electron chi connectivity index (χ0n) is 24.9. The van der Waals surface area contributed by atoms with Gasteiger partial charge in [-0.3, -0.25) is 13.9 Å². The first-order valence-electron chi connectivity index (χ1n) is 14.4. The summed E-state index contributed by atoms with van der Waals surface area (Å²) in [6.07, 6.45) is 0.851. The van der Waals surface area contributed by atoms with E-state index in [2.05, 4.69) is 5.32 Å². The standard InChI is InChI=1S/C34H34Cl3N3O4S/c1-3-20-38-34(42)32(21-25-10-5-4-6-11-25)39(22-27-28(35)13-9-14-29(27)36)33(41)23-40(31-15-8-7-12-30(31)37)45(43,44)26-18-16-24(2)17-19-26/h4-19,32H,3,20-23H2,1-2H3,(H,38,42). The number of carbonyl (C=O) groups excluding carboxylic acids is 2. The van der Waals surface area contributed by atoms with Crippen LogP contribution < -0.4 is 9.62 Å². The third-order valence-corrected chi connectivity index (χ3v) is 10.0. The summed E-state index contributed by atoms with van der Waals surface area (Å²) in [5, 5.41) is 3.67. The summed E-state index contributed by atoms with van der Waals surface area (Å²) >= 11 is 19.6. The van der Waals surface area contributed by atoms with Crippen molar-refractivity contribution in [3.63, 3.8) is 0 Å². The molecule has 2 amide bonds. The minimum absolute atomic E-state index is 0.0111. The molecule has 0 saturated carbocycles. The largest absolute Gasteiger partial charge is 0.354 e. The number of anilines is 1. The first-order valence-corrected chi connectivity index (χ1v) is 17.0. The van der Waals surface area contributed by atoms with E-state index in [4.69, 9.17) is 34.8 Å². The molecule has 0 aliphatic rings. The molecule has 0 aliphatic carbocycles. The van der Waals surface area contributed by atoms with Crippen LogP contribution in [0.15, 0.2) is 102 Å². The number of hydrogen-bond acceptors (Lipinski definition) is 4. The quantitative estimate of drug-likeness (QED) is 0.160. The number of nitrogens with one attached hydrogen (secondary N) is 1. The van der Waals surface area contributed by atoms with Gasteiger partial charge in [-0.15, -0.1) is 0 Å². The molecule has 0 heterocycles. The Labute approximate surface area is 279 Å². The second-order valence-corrected chi connectivity index (χ2v) is 13.6.